The highest BCUT2D eigenvalue weighted by atomic mass is 32.2. The predicted octanol–water partition coefficient (Wildman–Crippen LogP) is 3.86. The summed E-state index contributed by atoms with van der Waals surface area (Å²) in [5.74, 6) is -1.02. The molecular formula is C23H22N2O5S. The summed E-state index contributed by atoms with van der Waals surface area (Å²) in [5, 5.41) is 2.73. The summed E-state index contributed by atoms with van der Waals surface area (Å²) >= 11 is 0. The van der Waals surface area contributed by atoms with E-state index in [1.54, 1.807) is 49.4 Å². The van der Waals surface area contributed by atoms with Crippen molar-refractivity contribution in [1.82, 2.24) is 0 Å². The van der Waals surface area contributed by atoms with Gasteiger partial charge in [-0.05, 0) is 55.0 Å². The van der Waals surface area contributed by atoms with Crippen LogP contribution in [-0.2, 0) is 14.8 Å². The molecule has 7 nitrogen and oxygen atoms in total. The topological polar surface area (TPSA) is 92.8 Å². The largest absolute Gasteiger partial charge is 0.465 e. The molecule has 0 spiro atoms. The zero-order valence-corrected chi connectivity index (χ0v) is 18.1. The number of ether oxygens (including phenoxy) is 1. The molecule has 3 aromatic carbocycles. The summed E-state index contributed by atoms with van der Waals surface area (Å²) < 4.78 is 31.9. The maximum absolute atomic E-state index is 13.0. The van der Waals surface area contributed by atoms with E-state index in [1.807, 2.05) is 0 Å². The third kappa shape index (κ3) is 4.75. The summed E-state index contributed by atoms with van der Waals surface area (Å²) in [6.07, 6.45) is 0. The molecule has 0 atom stereocenters. The van der Waals surface area contributed by atoms with Gasteiger partial charge in [0.1, 0.15) is 0 Å². The summed E-state index contributed by atoms with van der Waals surface area (Å²) in [5.41, 5.74) is 2.15. The molecule has 0 saturated carbocycles. The number of para-hydroxylation sites is 1. The molecule has 0 aromatic heterocycles. The SMILES string of the molecule is COC(=O)c1ccc(C)c(NC(=O)c2cccc(S(=O)(=O)N(C)c3ccccc3)c2)c1. The van der Waals surface area contributed by atoms with Gasteiger partial charge in [0.2, 0.25) is 0 Å². The third-order valence-corrected chi connectivity index (χ3v) is 6.56. The van der Waals surface area contributed by atoms with E-state index in [-0.39, 0.29) is 10.5 Å². The Labute approximate surface area is 181 Å². The number of sulfonamides is 1. The molecule has 0 saturated heterocycles. The van der Waals surface area contributed by atoms with Crippen LogP contribution >= 0.6 is 0 Å². The first kappa shape index (κ1) is 22.0. The monoisotopic (exact) mass is 438 g/mol. The number of anilines is 2. The first-order valence-electron chi connectivity index (χ1n) is 9.38. The molecular weight excluding hydrogens is 416 g/mol. The highest BCUT2D eigenvalue weighted by Gasteiger charge is 2.22. The second kappa shape index (κ2) is 9.01. The van der Waals surface area contributed by atoms with E-state index >= 15 is 0 Å². The van der Waals surface area contributed by atoms with Crippen molar-refractivity contribution in [2.45, 2.75) is 11.8 Å². The Bertz CT molecular complexity index is 1220. The molecule has 0 aliphatic heterocycles. The molecule has 160 valence electrons. The number of nitrogens with zero attached hydrogens (tertiary/aromatic N) is 1. The zero-order chi connectivity index (χ0) is 22.6. The van der Waals surface area contributed by atoms with Crippen LogP contribution in [0.15, 0.2) is 77.7 Å². The minimum absolute atomic E-state index is 0.00784. The predicted molar refractivity (Wildman–Crippen MR) is 119 cm³/mol. The van der Waals surface area contributed by atoms with E-state index in [1.165, 1.54) is 44.5 Å². The number of carbonyl (C=O) groups is 2. The van der Waals surface area contributed by atoms with Gasteiger partial charge in [-0.25, -0.2) is 13.2 Å². The van der Waals surface area contributed by atoms with Crippen molar-refractivity contribution in [1.29, 1.82) is 0 Å². The second-order valence-corrected chi connectivity index (χ2v) is 8.78. The number of rotatable bonds is 6. The maximum Gasteiger partial charge on any atom is 0.337 e. The number of hydrogen-bond acceptors (Lipinski definition) is 5. The van der Waals surface area contributed by atoms with Crippen molar-refractivity contribution in [3.63, 3.8) is 0 Å². The quantitative estimate of drug-likeness (QED) is 0.590. The number of aryl methyl sites for hydroxylation is 1. The number of methoxy groups -OCH3 is 1. The average Bonchev–Trinajstić information content (AvgIpc) is 2.80. The van der Waals surface area contributed by atoms with Crippen molar-refractivity contribution in [2.24, 2.45) is 0 Å². The number of carbonyl (C=O) groups excluding carboxylic acids is 2. The molecule has 3 rings (SSSR count). The fourth-order valence-corrected chi connectivity index (χ4v) is 4.17. The lowest BCUT2D eigenvalue weighted by molar-refractivity contribution is 0.0600. The molecule has 3 aromatic rings. The molecule has 31 heavy (non-hydrogen) atoms. The first-order valence-corrected chi connectivity index (χ1v) is 10.8. The standard InChI is InChI=1S/C23H22N2O5S/c1-16-12-13-18(23(27)30-3)15-21(16)24-22(26)17-8-7-11-20(14-17)31(28,29)25(2)19-9-5-4-6-10-19/h4-15H,1-3H3,(H,24,26). The number of esters is 1. The van der Waals surface area contributed by atoms with Gasteiger partial charge in [-0.1, -0.05) is 30.3 Å². The molecule has 0 radical (unpaired) electrons. The van der Waals surface area contributed by atoms with E-state index in [0.717, 1.165) is 9.87 Å². The minimum atomic E-state index is -3.86. The highest BCUT2D eigenvalue weighted by Crippen LogP contribution is 2.23. The Hall–Kier alpha value is -3.65. The van der Waals surface area contributed by atoms with Crippen LogP contribution in [-0.4, -0.2) is 34.5 Å². The number of hydrogen-bond donors (Lipinski definition) is 1. The zero-order valence-electron chi connectivity index (χ0n) is 17.3. The Kier molecular flexibility index (Phi) is 6.41. The van der Waals surface area contributed by atoms with E-state index in [0.29, 0.717) is 16.9 Å². The van der Waals surface area contributed by atoms with Gasteiger partial charge in [0.05, 0.1) is 23.3 Å². The van der Waals surface area contributed by atoms with Crippen LogP contribution in [0, 0.1) is 6.92 Å². The fraction of sp³-hybridized carbons (Fsp3) is 0.130. The number of amides is 1. The van der Waals surface area contributed by atoms with Crippen LogP contribution in [0.5, 0.6) is 0 Å². The van der Waals surface area contributed by atoms with E-state index in [4.69, 9.17) is 4.74 Å². The lowest BCUT2D eigenvalue weighted by atomic mass is 10.1. The van der Waals surface area contributed by atoms with Crippen LogP contribution in [0.2, 0.25) is 0 Å². The van der Waals surface area contributed by atoms with Crippen LogP contribution in [0.1, 0.15) is 26.3 Å². The van der Waals surface area contributed by atoms with Crippen molar-refractivity contribution in [2.75, 3.05) is 23.8 Å². The normalized spacial score (nSPS) is 10.9. The lowest BCUT2D eigenvalue weighted by Gasteiger charge is -2.19. The first-order chi connectivity index (χ1) is 14.7. The molecule has 0 aliphatic carbocycles. The van der Waals surface area contributed by atoms with Crippen LogP contribution in [0.4, 0.5) is 11.4 Å². The Morgan fingerprint density at radius 3 is 2.29 bits per heavy atom. The van der Waals surface area contributed by atoms with E-state index in [2.05, 4.69) is 5.32 Å². The molecule has 1 amide bonds. The fourth-order valence-electron chi connectivity index (χ4n) is 2.93. The molecule has 8 heteroatoms. The van der Waals surface area contributed by atoms with E-state index in [9.17, 15) is 18.0 Å². The minimum Gasteiger partial charge on any atom is -0.465 e. The van der Waals surface area contributed by atoms with Crippen molar-refractivity contribution in [3.05, 3.63) is 89.5 Å². The Morgan fingerprint density at radius 1 is 0.903 bits per heavy atom. The second-order valence-electron chi connectivity index (χ2n) is 6.81. The molecule has 0 unspecified atom stereocenters. The number of nitrogens with one attached hydrogen (secondary N) is 1. The lowest BCUT2D eigenvalue weighted by Crippen LogP contribution is -2.26. The molecule has 0 heterocycles. The molecule has 0 aliphatic rings. The van der Waals surface area contributed by atoms with Gasteiger partial charge in [-0.3, -0.25) is 9.10 Å². The molecule has 0 fully saturated rings. The molecule has 1 N–H and O–H groups in total. The van der Waals surface area contributed by atoms with Gasteiger partial charge in [-0.2, -0.15) is 0 Å². The van der Waals surface area contributed by atoms with E-state index < -0.39 is 21.9 Å². The summed E-state index contributed by atoms with van der Waals surface area (Å²) in [6.45, 7) is 1.78. The van der Waals surface area contributed by atoms with Crippen LogP contribution in [0.25, 0.3) is 0 Å². The Balaban J connectivity index is 1.88. The van der Waals surface area contributed by atoms with Crippen molar-refractivity contribution in [3.8, 4) is 0 Å². The van der Waals surface area contributed by atoms with Gasteiger partial charge >= 0.3 is 5.97 Å². The average molecular weight is 439 g/mol. The van der Waals surface area contributed by atoms with Gasteiger partial charge < -0.3 is 10.1 Å². The summed E-state index contributed by atoms with van der Waals surface area (Å²) in [4.78, 5) is 24.6. The molecule has 0 bridgehead atoms. The van der Waals surface area contributed by atoms with Crippen molar-refractivity contribution < 1.29 is 22.7 Å². The van der Waals surface area contributed by atoms with Gasteiger partial charge in [0, 0.05) is 18.3 Å². The smallest absolute Gasteiger partial charge is 0.337 e. The van der Waals surface area contributed by atoms with Gasteiger partial charge in [0.15, 0.2) is 0 Å². The summed E-state index contributed by atoms with van der Waals surface area (Å²) in [7, 11) is -1.12. The maximum atomic E-state index is 13.0. The third-order valence-electron chi connectivity index (χ3n) is 4.78. The highest BCUT2D eigenvalue weighted by molar-refractivity contribution is 7.92. The van der Waals surface area contributed by atoms with Gasteiger partial charge in [-0.15, -0.1) is 0 Å². The van der Waals surface area contributed by atoms with Crippen LogP contribution < -0.4 is 9.62 Å². The summed E-state index contributed by atoms with van der Waals surface area (Å²) in [6, 6.07) is 19.3. The van der Waals surface area contributed by atoms with Crippen LogP contribution in [0.3, 0.4) is 0 Å². The number of benzene rings is 3. The van der Waals surface area contributed by atoms with Gasteiger partial charge in [0.25, 0.3) is 15.9 Å². The Morgan fingerprint density at radius 2 is 1.61 bits per heavy atom. The van der Waals surface area contributed by atoms with Crippen molar-refractivity contribution >= 4 is 33.3 Å².